The third kappa shape index (κ3) is 5.71. The topological polar surface area (TPSA) is 117 Å². The zero-order chi connectivity index (χ0) is 23.9. The van der Waals surface area contributed by atoms with E-state index in [0.29, 0.717) is 30.2 Å². The SMILES string of the molecule is CCCCOC(=O)Nc1cnc(-c2cccc(Cc3nn(-c4cnn(C)c4)ccc3=O)c2)nc1. The van der Waals surface area contributed by atoms with E-state index in [1.54, 1.807) is 21.8 Å². The third-order valence-electron chi connectivity index (χ3n) is 5.02. The van der Waals surface area contributed by atoms with Gasteiger partial charge in [0.15, 0.2) is 5.82 Å². The second kappa shape index (κ2) is 10.5. The molecule has 0 aliphatic heterocycles. The van der Waals surface area contributed by atoms with E-state index >= 15 is 0 Å². The molecule has 0 aliphatic carbocycles. The van der Waals surface area contributed by atoms with Gasteiger partial charge < -0.3 is 4.74 Å². The molecule has 4 rings (SSSR count). The van der Waals surface area contributed by atoms with Crippen molar-refractivity contribution in [2.75, 3.05) is 11.9 Å². The lowest BCUT2D eigenvalue weighted by molar-refractivity contribution is 0.160. The number of aryl methyl sites for hydroxylation is 1. The highest BCUT2D eigenvalue weighted by molar-refractivity contribution is 5.84. The van der Waals surface area contributed by atoms with Crippen LogP contribution in [0.3, 0.4) is 0 Å². The summed E-state index contributed by atoms with van der Waals surface area (Å²) in [6.45, 7) is 2.40. The number of anilines is 1. The Balaban J connectivity index is 1.47. The molecule has 174 valence electrons. The van der Waals surface area contributed by atoms with Crippen LogP contribution in [0.2, 0.25) is 0 Å². The summed E-state index contributed by atoms with van der Waals surface area (Å²) in [7, 11) is 1.82. The van der Waals surface area contributed by atoms with E-state index in [2.05, 4.69) is 25.5 Å². The maximum absolute atomic E-state index is 12.4. The highest BCUT2D eigenvalue weighted by Gasteiger charge is 2.10. The summed E-state index contributed by atoms with van der Waals surface area (Å²) in [5, 5.41) is 11.2. The lowest BCUT2D eigenvalue weighted by atomic mass is 10.1. The first-order valence-electron chi connectivity index (χ1n) is 10.9. The number of carbonyl (C=O) groups is 1. The Bertz CT molecular complexity index is 1330. The Morgan fingerprint density at radius 3 is 2.71 bits per heavy atom. The van der Waals surface area contributed by atoms with Gasteiger partial charge in [-0.25, -0.2) is 19.4 Å². The Morgan fingerprint density at radius 2 is 1.97 bits per heavy atom. The standard InChI is InChI=1S/C24H25N7O3/c1-3-4-10-34-24(33)28-19-13-25-23(26-14-19)18-7-5-6-17(11-18)12-21-22(32)8-9-31(29-21)20-15-27-30(2)16-20/h5-9,11,13-16H,3-4,10,12H2,1-2H3,(H,28,33). The molecule has 3 aromatic heterocycles. The van der Waals surface area contributed by atoms with E-state index in [0.717, 1.165) is 29.7 Å². The molecule has 1 aromatic carbocycles. The number of nitrogens with one attached hydrogen (secondary N) is 1. The third-order valence-corrected chi connectivity index (χ3v) is 5.02. The number of unbranched alkanes of at least 4 members (excludes halogenated alkanes) is 1. The maximum atomic E-state index is 12.4. The fourth-order valence-corrected chi connectivity index (χ4v) is 3.26. The predicted octanol–water partition coefficient (Wildman–Crippen LogP) is 3.36. The van der Waals surface area contributed by atoms with Crippen molar-refractivity contribution in [1.82, 2.24) is 29.5 Å². The molecule has 34 heavy (non-hydrogen) atoms. The van der Waals surface area contributed by atoms with Crippen molar-refractivity contribution in [1.29, 1.82) is 0 Å². The van der Waals surface area contributed by atoms with Crippen LogP contribution in [-0.2, 0) is 18.2 Å². The minimum Gasteiger partial charge on any atom is -0.449 e. The van der Waals surface area contributed by atoms with E-state index in [1.165, 1.54) is 18.5 Å². The van der Waals surface area contributed by atoms with Crippen LogP contribution in [0.1, 0.15) is 31.0 Å². The first-order chi connectivity index (χ1) is 16.5. The zero-order valence-electron chi connectivity index (χ0n) is 19.0. The molecule has 0 atom stereocenters. The highest BCUT2D eigenvalue weighted by atomic mass is 16.5. The van der Waals surface area contributed by atoms with Crippen LogP contribution < -0.4 is 10.7 Å². The van der Waals surface area contributed by atoms with Crippen molar-refractivity contribution in [2.45, 2.75) is 26.2 Å². The summed E-state index contributed by atoms with van der Waals surface area (Å²) in [5.41, 5.74) is 3.20. The molecular weight excluding hydrogens is 434 g/mol. The number of nitrogens with zero attached hydrogens (tertiary/aromatic N) is 6. The molecule has 0 unspecified atom stereocenters. The number of aromatic nitrogens is 6. The molecule has 0 fully saturated rings. The first-order valence-corrected chi connectivity index (χ1v) is 10.9. The fraction of sp³-hybridized carbons (Fsp3) is 0.250. The van der Waals surface area contributed by atoms with Gasteiger partial charge in [0, 0.05) is 31.3 Å². The van der Waals surface area contributed by atoms with Crippen LogP contribution in [0.5, 0.6) is 0 Å². The largest absolute Gasteiger partial charge is 0.449 e. The lowest BCUT2D eigenvalue weighted by Gasteiger charge is -2.08. The van der Waals surface area contributed by atoms with E-state index in [1.807, 2.05) is 44.4 Å². The normalized spacial score (nSPS) is 10.8. The van der Waals surface area contributed by atoms with Gasteiger partial charge >= 0.3 is 6.09 Å². The van der Waals surface area contributed by atoms with Crippen LogP contribution in [0.4, 0.5) is 10.5 Å². The number of benzene rings is 1. The number of ether oxygens (including phenoxy) is 1. The fourth-order valence-electron chi connectivity index (χ4n) is 3.26. The average molecular weight is 460 g/mol. The van der Waals surface area contributed by atoms with Crippen LogP contribution >= 0.6 is 0 Å². The molecule has 1 N–H and O–H groups in total. The molecule has 0 radical (unpaired) electrons. The summed E-state index contributed by atoms with van der Waals surface area (Å²) >= 11 is 0. The number of amides is 1. The van der Waals surface area contributed by atoms with Crippen LogP contribution in [-0.4, -0.2) is 42.2 Å². The van der Waals surface area contributed by atoms with Gasteiger partial charge in [0.1, 0.15) is 11.4 Å². The van der Waals surface area contributed by atoms with Gasteiger partial charge in [-0.2, -0.15) is 10.2 Å². The summed E-state index contributed by atoms with van der Waals surface area (Å²) < 4.78 is 8.39. The average Bonchev–Trinajstić information content (AvgIpc) is 3.27. The van der Waals surface area contributed by atoms with Gasteiger partial charge in [-0.15, -0.1) is 0 Å². The zero-order valence-corrected chi connectivity index (χ0v) is 19.0. The van der Waals surface area contributed by atoms with Gasteiger partial charge in [-0.1, -0.05) is 31.5 Å². The van der Waals surface area contributed by atoms with Gasteiger partial charge in [0.2, 0.25) is 5.43 Å². The number of hydrogen-bond donors (Lipinski definition) is 1. The van der Waals surface area contributed by atoms with E-state index in [4.69, 9.17) is 4.74 Å². The minimum absolute atomic E-state index is 0.136. The number of carbonyl (C=O) groups excluding carboxylic acids is 1. The van der Waals surface area contributed by atoms with Crippen LogP contribution in [0, 0.1) is 0 Å². The quantitative estimate of drug-likeness (QED) is 0.402. The molecule has 0 aliphatic rings. The molecule has 0 spiro atoms. The summed E-state index contributed by atoms with van der Waals surface area (Å²) in [6.07, 6.45) is 9.78. The molecule has 10 nitrogen and oxygen atoms in total. The molecule has 0 saturated carbocycles. The van der Waals surface area contributed by atoms with Gasteiger partial charge in [-0.05, 0) is 18.1 Å². The monoisotopic (exact) mass is 459 g/mol. The summed E-state index contributed by atoms with van der Waals surface area (Å²) in [6, 6.07) is 9.12. The van der Waals surface area contributed by atoms with Gasteiger partial charge in [-0.3, -0.25) is 14.8 Å². The summed E-state index contributed by atoms with van der Waals surface area (Å²) in [4.78, 5) is 32.9. The summed E-state index contributed by atoms with van der Waals surface area (Å²) in [5.74, 6) is 0.501. The van der Waals surface area contributed by atoms with Crippen molar-refractivity contribution < 1.29 is 9.53 Å². The Kier molecular flexibility index (Phi) is 7.07. The molecule has 3 heterocycles. The van der Waals surface area contributed by atoms with E-state index in [-0.39, 0.29) is 5.43 Å². The molecule has 1 amide bonds. The minimum atomic E-state index is -0.529. The second-order valence-corrected chi connectivity index (χ2v) is 7.73. The maximum Gasteiger partial charge on any atom is 0.411 e. The van der Waals surface area contributed by atoms with E-state index in [9.17, 15) is 9.59 Å². The molecular formula is C24H25N7O3. The van der Waals surface area contributed by atoms with Crippen molar-refractivity contribution >= 4 is 11.8 Å². The Hall–Kier alpha value is -4.34. The molecule has 0 saturated heterocycles. The number of rotatable bonds is 8. The Morgan fingerprint density at radius 1 is 1.15 bits per heavy atom. The van der Waals surface area contributed by atoms with Crippen molar-refractivity contribution in [3.63, 3.8) is 0 Å². The van der Waals surface area contributed by atoms with Crippen molar-refractivity contribution in [3.05, 3.63) is 82.8 Å². The molecule has 0 bridgehead atoms. The number of hydrogen-bond acceptors (Lipinski definition) is 7. The molecule has 10 heteroatoms. The lowest BCUT2D eigenvalue weighted by Crippen LogP contribution is -2.16. The van der Waals surface area contributed by atoms with Crippen molar-refractivity contribution in [3.8, 4) is 17.1 Å². The van der Waals surface area contributed by atoms with Gasteiger partial charge in [0.05, 0.1) is 37.1 Å². The Labute approximate surface area is 196 Å². The van der Waals surface area contributed by atoms with Gasteiger partial charge in [0.25, 0.3) is 0 Å². The van der Waals surface area contributed by atoms with E-state index < -0.39 is 6.09 Å². The van der Waals surface area contributed by atoms with Crippen LogP contribution in [0.15, 0.2) is 66.1 Å². The smallest absolute Gasteiger partial charge is 0.411 e. The van der Waals surface area contributed by atoms with Crippen LogP contribution in [0.25, 0.3) is 17.1 Å². The molecule has 4 aromatic rings. The predicted molar refractivity (Wildman–Crippen MR) is 127 cm³/mol. The highest BCUT2D eigenvalue weighted by Crippen LogP contribution is 2.18. The first kappa shape index (κ1) is 22.8. The second-order valence-electron chi connectivity index (χ2n) is 7.73. The van der Waals surface area contributed by atoms with Crippen molar-refractivity contribution in [2.24, 2.45) is 7.05 Å².